The Kier molecular flexibility index (Phi) is 6.13. The van der Waals surface area contributed by atoms with E-state index in [1.54, 1.807) is 18.5 Å². The Morgan fingerprint density at radius 1 is 1.21 bits per heavy atom. The van der Waals surface area contributed by atoms with E-state index < -0.39 is 11.9 Å². The van der Waals surface area contributed by atoms with Crippen LogP contribution in [0.25, 0.3) is 0 Å². The summed E-state index contributed by atoms with van der Waals surface area (Å²) in [4.78, 5) is 19.4. The number of aromatic nitrogens is 3. The molecule has 0 fully saturated rings. The molecule has 0 aromatic carbocycles. The summed E-state index contributed by atoms with van der Waals surface area (Å²) in [6, 6.07) is 1.72. The van der Waals surface area contributed by atoms with Gasteiger partial charge >= 0.3 is 5.97 Å². The number of nitrogens with zero attached hydrogens (tertiary/aromatic N) is 3. The van der Waals surface area contributed by atoms with Crippen molar-refractivity contribution >= 4 is 11.9 Å². The first-order valence-corrected chi connectivity index (χ1v) is 3.41. The van der Waals surface area contributed by atoms with Crippen molar-refractivity contribution in [2.45, 2.75) is 0 Å². The van der Waals surface area contributed by atoms with E-state index in [0.717, 1.165) is 6.08 Å². The normalized spacial score (nSPS) is 8.86. The molecule has 0 aliphatic rings. The van der Waals surface area contributed by atoms with Crippen LogP contribution in [0.5, 0.6) is 0 Å². The molecular weight excluding hydrogens is 188 g/mol. The Labute approximate surface area is 79.3 Å². The number of aliphatic carboxylic acids is 1. The molecule has 0 unspecified atom stereocenters. The number of carboxylic acid groups (broad SMARTS) is 1. The lowest BCUT2D eigenvalue weighted by Crippen LogP contribution is -2.06. The van der Waals surface area contributed by atoms with E-state index in [2.05, 4.69) is 21.1 Å². The third-order valence-electron chi connectivity index (χ3n) is 0.799. The van der Waals surface area contributed by atoms with Crippen LogP contribution in [0.4, 0.5) is 0 Å². The van der Waals surface area contributed by atoms with Crippen LogP contribution in [0.3, 0.4) is 0 Å². The largest absolute Gasteiger partial charge is 0.478 e. The summed E-state index contributed by atoms with van der Waals surface area (Å²) in [5.41, 5.74) is 4.55. The van der Waals surface area contributed by atoms with Gasteiger partial charge in [-0.2, -0.15) is 0 Å². The Balaban J connectivity index is 0.000000249. The molecule has 1 heterocycles. The quantitative estimate of drug-likeness (QED) is 0.584. The number of carboxylic acids is 1. The molecule has 7 nitrogen and oxygen atoms in total. The van der Waals surface area contributed by atoms with Crippen molar-refractivity contribution in [2.24, 2.45) is 5.73 Å². The van der Waals surface area contributed by atoms with Crippen LogP contribution < -0.4 is 5.73 Å². The first kappa shape index (κ1) is 11.7. The highest BCUT2D eigenvalue weighted by Gasteiger charge is 1.86. The average molecular weight is 196 g/mol. The van der Waals surface area contributed by atoms with Crippen molar-refractivity contribution in [3.05, 3.63) is 30.6 Å². The minimum atomic E-state index is -1.18. The Hall–Kier alpha value is -2.31. The number of hydrogen-bond donors (Lipinski definition) is 2. The van der Waals surface area contributed by atoms with Gasteiger partial charge in [0.05, 0.1) is 12.4 Å². The predicted molar refractivity (Wildman–Crippen MR) is 45.8 cm³/mol. The lowest BCUT2D eigenvalue weighted by Gasteiger charge is -1.75. The summed E-state index contributed by atoms with van der Waals surface area (Å²) in [5, 5.41) is 18.0. The van der Waals surface area contributed by atoms with Gasteiger partial charge in [0.15, 0.2) is 0 Å². The number of nitrogens with two attached hydrogens (primary N) is 1. The molecule has 14 heavy (non-hydrogen) atoms. The van der Waals surface area contributed by atoms with Crippen LogP contribution >= 0.6 is 0 Å². The molecule has 1 aromatic rings. The van der Waals surface area contributed by atoms with E-state index in [1.165, 1.54) is 0 Å². The summed E-state index contributed by atoms with van der Waals surface area (Å²) in [6.07, 6.45) is 4.62. The number of primary amides is 1. The summed E-state index contributed by atoms with van der Waals surface area (Å²) in [7, 11) is 0. The highest BCUT2D eigenvalue weighted by atomic mass is 16.4. The van der Waals surface area contributed by atoms with Crippen LogP contribution in [0.2, 0.25) is 0 Å². The van der Waals surface area contributed by atoms with Gasteiger partial charge in [-0.05, 0) is 11.3 Å². The zero-order valence-corrected chi connectivity index (χ0v) is 7.07. The molecule has 0 aliphatic carbocycles. The number of rotatable bonds is 2. The van der Waals surface area contributed by atoms with E-state index in [9.17, 15) is 9.59 Å². The van der Waals surface area contributed by atoms with Crippen LogP contribution in [0, 0.1) is 0 Å². The van der Waals surface area contributed by atoms with Gasteiger partial charge in [0, 0.05) is 12.2 Å². The van der Waals surface area contributed by atoms with Gasteiger partial charge in [-0.25, -0.2) is 4.79 Å². The van der Waals surface area contributed by atoms with Crippen molar-refractivity contribution in [3.63, 3.8) is 0 Å². The molecule has 0 atom stereocenters. The van der Waals surface area contributed by atoms with Gasteiger partial charge in [-0.1, -0.05) is 0 Å². The zero-order chi connectivity index (χ0) is 10.8. The van der Waals surface area contributed by atoms with Crippen molar-refractivity contribution in [1.29, 1.82) is 0 Å². The van der Waals surface area contributed by atoms with E-state index >= 15 is 0 Å². The average Bonchev–Trinajstić information content (AvgIpc) is 2.18. The second kappa shape index (κ2) is 7.35. The van der Waals surface area contributed by atoms with Crippen LogP contribution in [-0.2, 0) is 9.59 Å². The van der Waals surface area contributed by atoms with E-state index in [0.29, 0.717) is 6.08 Å². The minimum Gasteiger partial charge on any atom is -0.478 e. The lowest BCUT2D eigenvalue weighted by atomic mass is 10.5. The van der Waals surface area contributed by atoms with Crippen LogP contribution in [0.1, 0.15) is 0 Å². The Morgan fingerprint density at radius 2 is 1.79 bits per heavy atom. The highest BCUT2D eigenvalue weighted by molar-refractivity contribution is 5.92. The van der Waals surface area contributed by atoms with Crippen molar-refractivity contribution in [3.8, 4) is 0 Å². The molecule has 0 spiro atoms. The number of carbonyl (C=O) groups is 2. The third kappa shape index (κ3) is 9.69. The first-order valence-electron chi connectivity index (χ1n) is 3.41. The fraction of sp³-hybridized carbons (Fsp3) is 0. The molecule has 7 heteroatoms. The second-order valence-electron chi connectivity index (χ2n) is 1.88. The van der Waals surface area contributed by atoms with Crippen molar-refractivity contribution < 1.29 is 14.7 Å². The second-order valence-corrected chi connectivity index (χ2v) is 1.88. The van der Waals surface area contributed by atoms with Gasteiger partial charge in [0.1, 0.15) is 0 Å². The summed E-state index contributed by atoms with van der Waals surface area (Å²) < 4.78 is 0. The molecule has 1 aromatic heterocycles. The van der Waals surface area contributed by atoms with Gasteiger partial charge < -0.3 is 10.8 Å². The van der Waals surface area contributed by atoms with Gasteiger partial charge in [0.2, 0.25) is 5.91 Å². The molecule has 0 aliphatic heterocycles. The molecule has 1 amide bonds. The maximum Gasteiger partial charge on any atom is 0.328 e. The molecule has 0 radical (unpaired) electrons. The monoisotopic (exact) mass is 196 g/mol. The minimum absolute atomic E-state index is 0.683. The van der Waals surface area contributed by atoms with Crippen LogP contribution in [-0.4, -0.2) is 32.4 Å². The van der Waals surface area contributed by atoms with E-state index in [4.69, 9.17) is 5.11 Å². The zero-order valence-electron chi connectivity index (χ0n) is 7.07. The molecule has 0 bridgehead atoms. The van der Waals surface area contributed by atoms with E-state index in [-0.39, 0.29) is 0 Å². The van der Waals surface area contributed by atoms with E-state index in [1.807, 2.05) is 0 Å². The molecule has 3 N–H and O–H groups in total. The smallest absolute Gasteiger partial charge is 0.328 e. The SMILES string of the molecule is NC(=O)C=CC(=O)O.c1cnnnc1. The standard InChI is InChI=1S/C4H5NO3.C3H3N3/c5-3(6)1-2-4(7)8;1-2-4-6-5-3-1/h1-2H,(H2,5,6)(H,7,8);1-3H. The summed E-state index contributed by atoms with van der Waals surface area (Å²) in [5.74, 6) is -1.93. The summed E-state index contributed by atoms with van der Waals surface area (Å²) >= 11 is 0. The molecular formula is C7H8N4O3. The Bertz CT molecular complexity index is 269. The van der Waals surface area contributed by atoms with Gasteiger partial charge in [-0.15, -0.1) is 10.2 Å². The van der Waals surface area contributed by atoms with Crippen molar-refractivity contribution in [1.82, 2.24) is 15.4 Å². The maximum atomic E-state index is 9.78. The lowest BCUT2D eigenvalue weighted by molar-refractivity contribution is -0.131. The molecule has 74 valence electrons. The highest BCUT2D eigenvalue weighted by Crippen LogP contribution is 1.68. The Morgan fingerprint density at radius 3 is 1.93 bits per heavy atom. The maximum absolute atomic E-state index is 9.78. The van der Waals surface area contributed by atoms with Gasteiger partial charge in [0.25, 0.3) is 0 Å². The fourth-order valence-electron chi connectivity index (χ4n) is 0.358. The van der Waals surface area contributed by atoms with Crippen LogP contribution in [0.15, 0.2) is 30.6 Å². The molecule has 1 rings (SSSR count). The third-order valence-corrected chi connectivity index (χ3v) is 0.799. The van der Waals surface area contributed by atoms with Gasteiger partial charge in [-0.3, -0.25) is 4.79 Å². The number of hydrogen-bond acceptors (Lipinski definition) is 5. The molecule has 0 saturated heterocycles. The summed E-state index contributed by atoms with van der Waals surface area (Å²) in [6.45, 7) is 0. The number of amides is 1. The first-order chi connectivity index (χ1) is 6.63. The number of carbonyl (C=O) groups excluding carboxylic acids is 1. The van der Waals surface area contributed by atoms with Crippen molar-refractivity contribution in [2.75, 3.05) is 0 Å². The topological polar surface area (TPSA) is 119 Å². The molecule has 0 saturated carbocycles. The fourth-order valence-corrected chi connectivity index (χ4v) is 0.358. The predicted octanol–water partition coefficient (Wildman–Crippen LogP) is -1.02.